The third kappa shape index (κ3) is 2.97. The first-order chi connectivity index (χ1) is 9.93. The summed E-state index contributed by atoms with van der Waals surface area (Å²) < 4.78 is 0. The second-order valence-electron chi connectivity index (χ2n) is 5.00. The summed E-state index contributed by atoms with van der Waals surface area (Å²) in [6.07, 6.45) is 0. The van der Waals surface area contributed by atoms with E-state index in [1.165, 1.54) is 12.1 Å². The highest BCUT2D eigenvalue weighted by atomic mass is 16.6. The normalized spacial score (nSPS) is 10.7. The molecule has 0 saturated carbocycles. The molecule has 0 bridgehead atoms. The largest absolute Gasteiger partial charge is 0.308 e. The van der Waals surface area contributed by atoms with Crippen LogP contribution in [0.1, 0.15) is 31.0 Å². The Hall–Kier alpha value is -2.54. The Labute approximate surface area is 122 Å². The molecule has 0 aliphatic carbocycles. The molecule has 7 nitrogen and oxygen atoms in total. The summed E-state index contributed by atoms with van der Waals surface area (Å²) in [4.78, 5) is 19.1. The molecular formula is C14H17N5O2. The lowest BCUT2D eigenvalue weighted by Crippen LogP contribution is -2.14. The number of non-ortho nitro benzene ring substituents is 1. The molecule has 0 aliphatic heterocycles. The molecule has 2 aromatic rings. The van der Waals surface area contributed by atoms with Gasteiger partial charge in [-0.3, -0.25) is 10.1 Å². The van der Waals surface area contributed by atoms with Gasteiger partial charge < -0.3 is 5.43 Å². The van der Waals surface area contributed by atoms with Gasteiger partial charge in [-0.2, -0.15) is 0 Å². The molecule has 0 amide bonds. The van der Waals surface area contributed by atoms with Crippen molar-refractivity contribution in [2.45, 2.75) is 26.7 Å². The van der Waals surface area contributed by atoms with Gasteiger partial charge in [-0.05, 0) is 25.0 Å². The zero-order valence-corrected chi connectivity index (χ0v) is 12.1. The number of nitro benzene ring substituents is 1. The zero-order chi connectivity index (χ0) is 15.6. The second kappa shape index (κ2) is 5.84. The van der Waals surface area contributed by atoms with Crippen LogP contribution in [0, 0.1) is 17.0 Å². The van der Waals surface area contributed by atoms with E-state index in [0.29, 0.717) is 17.2 Å². The lowest BCUT2D eigenvalue weighted by molar-refractivity contribution is -0.384. The molecule has 3 N–H and O–H groups in total. The summed E-state index contributed by atoms with van der Waals surface area (Å²) in [7, 11) is 0. The number of benzene rings is 1. The van der Waals surface area contributed by atoms with Crippen LogP contribution in [0.25, 0.3) is 11.4 Å². The molecule has 0 spiro atoms. The van der Waals surface area contributed by atoms with Gasteiger partial charge >= 0.3 is 0 Å². The summed E-state index contributed by atoms with van der Waals surface area (Å²) in [5.74, 6) is 6.84. The molecule has 1 aromatic carbocycles. The molecule has 0 saturated heterocycles. The van der Waals surface area contributed by atoms with Crippen molar-refractivity contribution < 1.29 is 4.92 Å². The molecule has 1 aromatic heterocycles. The van der Waals surface area contributed by atoms with Gasteiger partial charge in [0.2, 0.25) is 0 Å². The predicted octanol–water partition coefficient (Wildman–Crippen LogP) is 2.77. The first kappa shape index (κ1) is 14.9. The van der Waals surface area contributed by atoms with E-state index in [1.54, 1.807) is 12.1 Å². The number of nitrogens with two attached hydrogens (primary N) is 1. The van der Waals surface area contributed by atoms with E-state index in [2.05, 4.69) is 15.4 Å². The van der Waals surface area contributed by atoms with Gasteiger partial charge in [0.25, 0.3) is 5.69 Å². The zero-order valence-electron chi connectivity index (χ0n) is 12.1. The smallest absolute Gasteiger partial charge is 0.269 e. The van der Waals surface area contributed by atoms with E-state index in [1.807, 2.05) is 20.8 Å². The van der Waals surface area contributed by atoms with E-state index >= 15 is 0 Å². The highest BCUT2D eigenvalue weighted by molar-refractivity contribution is 5.61. The minimum absolute atomic E-state index is 0.0337. The fraction of sp³-hybridized carbons (Fsp3) is 0.286. The van der Waals surface area contributed by atoms with Crippen LogP contribution in [0.4, 0.5) is 11.5 Å². The maximum Gasteiger partial charge on any atom is 0.269 e. The quantitative estimate of drug-likeness (QED) is 0.508. The maximum absolute atomic E-state index is 10.7. The number of rotatable bonds is 4. The molecule has 2 rings (SSSR count). The van der Waals surface area contributed by atoms with Gasteiger partial charge in [0, 0.05) is 29.0 Å². The van der Waals surface area contributed by atoms with Crippen molar-refractivity contribution >= 4 is 11.5 Å². The van der Waals surface area contributed by atoms with Gasteiger partial charge in [0.1, 0.15) is 5.82 Å². The Morgan fingerprint density at radius 3 is 2.33 bits per heavy atom. The highest BCUT2D eigenvalue weighted by Crippen LogP contribution is 2.28. The minimum Gasteiger partial charge on any atom is -0.308 e. The summed E-state index contributed by atoms with van der Waals surface area (Å²) in [6.45, 7) is 5.98. The van der Waals surface area contributed by atoms with E-state index in [0.717, 1.165) is 11.3 Å². The lowest BCUT2D eigenvalue weighted by atomic mass is 10.0. The SMILES string of the molecule is Cc1nc(-c2ccc([N+](=O)[O-])cc2)nc(NN)c1C(C)C. The predicted molar refractivity (Wildman–Crippen MR) is 80.8 cm³/mol. The van der Waals surface area contributed by atoms with Gasteiger partial charge in [-0.15, -0.1) is 0 Å². The summed E-state index contributed by atoms with van der Waals surface area (Å²) in [5.41, 5.74) is 5.13. The van der Waals surface area contributed by atoms with Crippen LogP contribution in [0.15, 0.2) is 24.3 Å². The fourth-order valence-electron chi connectivity index (χ4n) is 2.24. The van der Waals surface area contributed by atoms with Crippen molar-refractivity contribution in [3.8, 4) is 11.4 Å². The van der Waals surface area contributed by atoms with Gasteiger partial charge in [0.05, 0.1) is 4.92 Å². The van der Waals surface area contributed by atoms with Crippen molar-refractivity contribution in [1.29, 1.82) is 0 Å². The molecule has 0 aliphatic rings. The van der Waals surface area contributed by atoms with E-state index in [-0.39, 0.29) is 11.6 Å². The Morgan fingerprint density at radius 2 is 1.86 bits per heavy atom. The summed E-state index contributed by atoms with van der Waals surface area (Å²) in [5, 5.41) is 10.7. The van der Waals surface area contributed by atoms with Crippen molar-refractivity contribution in [3.05, 3.63) is 45.6 Å². The van der Waals surface area contributed by atoms with E-state index < -0.39 is 4.92 Å². The molecule has 0 unspecified atom stereocenters. The van der Waals surface area contributed by atoms with Crippen LogP contribution < -0.4 is 11.3 Å². The van der Waals surface area contributed by atoms with Crippen LogP contribution >= 0.6 is 0 Å². The molecule has 0 radical (unpaired) electrons. The third-order valence-corrected chi connectivity index (χ3v) is 3.19. The van der Waals surface area contributed by atoms with Crippen molar-refractivity contribution in [1.82, 2.24) is 9.97 Å². The number of aromatic nitrogens is 2. The number of hydrogen-bond acceptors (Lipinski definition) is 6. The van der Waals surface area contributed by atoms with Crippen LogP contribution in [0.5, 0.6) is 0 Å². The second-order valence-corrected chi connectivity index (χ2v) is 5.00. The number of anilines is 1. The number of hydrogen-bond donors (Lipinski definition) is 2. The fourth-order valence-corrected chi connectivity index (χ4v) is 2.24. The summed E-state index contributed by atoms with van der Waals surface area (Å²) in [6, 6.07) is 6.12. The van der Waals surface area contributed by atoms with Crippen LogP contribution in [0.2, 0.25) is 0 Å². The molecule has 7 heteroatoms. The summed E-state index contributed by atoms with van der Waals surface area (Å²) >= 11 is 0. The highest BCUT2D eigenvalue weighted by Gasteiger charge is 2.15. The Bertz CT molecular complexity index is 668. The molecular weight excluding hydrogens is 270 g/mol. The first-order valence-electron chi connectivity index (χ1n) is 6.54. The van der Waals surface area contributed by atoms with E-state index in [4.69, 9.17) is 5.84 Å². The average molecular weight is 287 g/mol. The van der Waals surface area contributed by atoms with Crippen LogP contribution in [-0.4, -0.2) is 14.9 Å². The van der Waals surface area contributed by atoms with Crippen LogP contribution in [-0.2, 0) is 0 Å². The van der Waals surface area contributed by atoms with Gasteiger partial charge in [-0.25, -0.2) is 15.8 Å². The lowest BCUT2D eigenvalue weighted by Gasteiger charge is -2.15. The molecule has 110 valence electrons. The van der Waals surface area contributed by atoms with Crippen molar-refractivity contribution in [3.63, 3.8) is 0 Å². The number of hydrazine groups is 1. The molecule has 0 atom stereocenters. The van der Waals surface area contributed by atoms with E-state index in [9.17, 15) is 10.1 Å². The Balaban J connectivity index is 2.49. The Kier molecular flexibility index (Phi) is 4.13. The number of nitrogens with zero attached hydrogens (tertiary/aromatic N) is 3. The molecule has 0 fully saturated rings. The van der Waals surface area contributed by atoms with Gasteiger partial charge in [0.15, 0.2) is 5.82 Å². The minimum atomic E-state index is -0.440. The topological polar surface area (TPSA) is 107 Å². The monoisotopic (exact) mass is 287 g/mol. The average Bonchev–Trinajstić information content (AvgIpc) is 2.45. The number of nitrogen functional groups attached to an aromatic ring is 1. The number of nitro groups is 1. The third-order valence-electron chi connectivity index (χ3n) is 3.19. The number of aryl methyl sites for hydroxylation is 1. The van der Waals surface area contributed by atoms with Crippen LogP contribution in [0.3, 0.4) is 0 Å². The molecule has 21 heavy (non-hydrogen) atoms. The standard InChI is InChI=1S/C14H17N5O2/c1-8(2)12-9(3)16-13(17-14(12)18-15)10-4-6-11(7-5-10)19(20)21/h4-8H,15H2,1-3H3,(H,16,17,18). The molecule has 1 heterocycles. The van der Waals surface area contributed by atoms with Crippen molar-refractivity contribution in [2.24, 2.45) is 5.84 Å². The Morgan fingerprint density at radius 1 is 1.24 bits per heavy atom. The maximum atomic E-state index is 10.7. The first-order valence-corrected chi connectivity index (χ1v) is 6.54. The van der Waals surface area contributed by atoms with Crippen molar-refractivity contribution in [2.75, 3.05) is 5.43 Å². The number of nitrogens with one attached hydrogen (secondary N) is 1. The van der Waals surface area contributed by atoms with Gasteiger partial charge in [-0.1, -0.05) is 13.8 Å².